The second-order valence-electron chi connectivity index (χ2n) is 5.13. The molecule has 3 aromatic rings. The van der Waals surface area contributed by atoms with Gasteiger partial charge in [-0.3, -0.25) is 4.98 Å². The smallest absolute Gasteiger partial charge is 0.160 e. The van der Waals surface area contributed by atoms with Gasteiger partial charge in [0.1, 0.15) is 11.3 Å². The highest BCUT2D eigenvalue weighted by atomic mass is 16.5. The van der Waals surface area contributed by atoms with Gasteiger partial charge >= 0.3 is 0 Å². The Balaban J connectivity index is 2.14. The van der Waals surface area contributed by atoms with Gasteiger partial charge in [-0.05, 0) is 36.6 Å². The van der Waals surface area contributed by atoms with Crippen molar-refractivity contribution in [3.63, 3.8) is 0 Å². The topological polar surface area (TPSA) is 52.8 Å². The zero-order chi connectivity index (χ0) is 14.8. The van der Waals surface area contributed by atoms with E-state index in [-0.39, 0.29) is 0 Å². The molecule has 3 aromatic heterocycles. The number of pyridine rings is 2. The van der Waals surface area contributed by atoms with Crippen LogP contribution in [0, 0.1) is 6.92 Å². The molecule has 5 nitrogen and oxygen atoms in total. The van der Waals surface area contributed by atoms with Crippen LogP contribution < -0.4 is 0 Å². The lowest BCUT2D eigenvalue weighted by atomic mass is 10.1. The van der Waals surface area contributed by atoms with Crippen LogP contribution in [0.15, 0.2) is 30.7 Å². The maximum atomic E-state index is 5.17. The Kier molecular flexibility index (Phi) is 3.66. The van der Waals surface area contributed by atoms with Crippen molar-refractivity contribution in [3.8, 4) is 11.4 Å². The van der Waals surface area contributed by atoms with Gasteiger partial charge in [0.2, 0.25) is 0 Å². The second-order valence-corrected chi connectivity index (χ2v) is 5.13. The van der Waals surface area contributed by atoms with Gasteiger partial charge < -0.3 is 9.30 Å². The zero-order valence-electron chi connectivity index (χ0n) is 12.5. The number of rotatable bonds is 4. The molecule has 0 aliphatic carbocycles. The Morgan fingerprint density at radius 1 is 1.29 bits per heavy atom. The van der Waals surface area contributed by atoms with Gasteiger partial charge in [0, 0.05) is 38.3 Å². The maximum Gasteiger partial charge on any atom is 0.160 e. The minimum atomic E-state index is 0.667. The summed E-state index contributed by atoms with van der Waals surface area (Å²) in [5, 5.41) is 0. The summed E-state index contributed by atoms with van der Waals surface area (Å²) in [6, 6.07) is 4.06. The third-order valence-electron chi connectivity index (χ3n) is 3.57. The van der Waals surface area contributed by atoms with Crippen molar-refractivity contribution in [3.05, 3.63) is 41.9 Å². The van der Waals surface area contributed by atoms with Gasteiger partial charge in [-0.1, -0.05) is 0 Å². The summed E-state index contributed by atoms with van der Waals surface area (Å²) < 4.78 is 7.20. The van der Waals surface area contributed by atoms with Crippen LogP contribution in [0.3, 0.4) is 0 Å². The number of aryl methyl sites for hydroxylation is 2. The van der Waals surface area contributed by atoms with Crippen LogP contribution in [-0.2, 0) is 18.2 Å². The van der Waals surface area contributed by atoms with E-state index in [2.05, 4.69) is 16.0 Å². The van der Waals surface area contributed by atoms with Crippen molar-refractivity contribution < 1.29 is 4.74 Å². The van der Waals surface area contributed by atoms with Crippen LogP contribution in [0.1, 0.15) is 11.1 Å². The van der Waals surface area contributed by atoms with Gasteiger partial charge in [0.05, 0.1) is 6.61 Å². The van der Waals surface area contributed by atoms with E-state index >= 15 is 0 Å². The molecule has 0 saturated carbocycles. The third-order valence-corrected chi connectivity index (χ3v) is 3.57. The molecular formula is C16H18N4O. The number of fused-ring (bicyclic) bond motifs is 1. The van der Waals surface area contributed by atoms with Gasteiger partial charge in [0.25, 0.3) is 0 Å². The van der Waals surface area contributed by atoms with Crippen molar-refractivity contribution in [2.24, 2.45) is 7.05 Å². The summed E-state index contributed by atoms with van der Waals surface area (Å²) in [4.78, 5) is 13.4. The summed E-state index contributed by atoms with van der Waals surface area (Å²) in [7, 11) is 3.70. The summed E-state index contributed by atoms with van der Waals surface area (Å²) in [5.74, 6) is 0.914. The molecule has 0 spiro atoms. The Morgan fingerprint density at radius 3 is 2.95 bits per heavy atom. The normalized spacial score (nSPS) is 11.2. The second kappa shape index (κ2) is 5.61. The Bertz CT molecular complexity index is 779. The molecule has 3 heterocycles. The van der Waals surface area contributed by atoms with Crippen molar-refractivity contribution >= 4 is 11.2 Å². The minimum absolute atomic E-state index is 0.667. The number of hydrogen-bond acceptors (Lipinski definition) is 4. The molecule has 108 valence electrons. The fraction of sp³-hybridized carbons (Fsp3) is 0.312. The molecule has 3 rings (SSSR count). The molecule has 21 heavy (non-hydrogen) atoms. The lowest BCUT2D eigenvalue weighted by Crippen LogP contribution is -2.01. The zero-order valence-corrected chi connectivity index (χ0v) is 12.5. The van der Waals surface area contributed by atoms with E-state index in [1.165, 1.54) is 0 Å². The number of hydrogen-bond donors (Lipinski definition) is 0. The highest BCUT2D eigenvalue weighted by molar-refractivity contribution is 5.78. The fourth-order valence-electron chi connectivity index (χ4n) is 2.47. The van der Waals surface area contributed by atoms with E-state index in [1.807, 2.05) is 37.0 Å². The molecule has 0 radical (unpaired) electrons. The highest BCUT2D eigenvalue weighted by Crippen LogP contribution is 2.25. The molecule has 0 fully saturated rings. The first kappa shape index (κ1) is 13.7. The largest absolute Gasteiger partial charge is 0.384 e. The number of nitrogens with zero attached hydrogens (tertiary/aromatic N) is 4. The lowest BCUT2D eigenvalue weighted by molar-refractivity contribution is 0.202. The summed E-state index contributed by atoms with van der Waals surface area (Å²) in [6.07, 6.45) is 6.36. The molecule has 0 N–H and O–H groups in total. The minimum Gasteiger partial charge on any atom is -0.384 e. The molecule has 0 saturated heterocycles. The average Bonchev–Trinajstić information content (AvgIpc) is 2.81. The molecule has 0 aliphatic rings. The summed E-state index contributed by atoms with van der Waals surface area (Å²) in [5.41, 5.74) is 5.14. The van der Waals surface area contributed by atoms with Crippen LogP contribution in [0.4, 0.5) is 0 Å². The van der Waals surface area contributed by atoms with E-state index in [4.69, 9.17) is 9.72 Å². The van der Waals surface area contributed by atoms with Crippen LogP contribution in [0.2, 0.25) is 0 Å². The fourth-order valence-corrected chi connectivity index (χ4v) is 2.47. The Labute approximate surface area is 123 Å². The number of imidazole rings is 1. The van der Waals surface area contributed by atoms with E-state index in [0.29, 0.717) is 6.61 Å². The molecule has 0 unspecified atom stereocenters. The van der Waals surface area contributed by atoms with Gasteiger partial charge in [-0.2, -0.15) is 0 Å². The Morgan fingerprint density at radius 2 is 2.14 bits per heavy atom. The van der Waals surface area contributed by atoms with Crippen LogP contribution in [0.25, 0.3) is 22.6 Å². The van der Waals surface area contributed by atoms with E-state index in [1.54, 1.807) is 13.3 Å². The van der Waals surface area contributed by atoms with Gasteiger partial charge in [-0.15, -0.1) is 0 Å². The SMILES string of the molecule is COCCc1cnccc1-c1nc2cc(C)cnc2n1C. The van der Waals surface area contributed by atoms with Crippen LogP contribution >= 0.6 is 0 Å². The van der Waals surface area contributed by atoms with Gasteiger partial charge in [-0.25, -0.2) is 9.97 Å². The van der Waals surface area contributed by atoms with Crippen molar-refractivity contribution in [1.82, 2.24) is 19.5 Å². The van der Waals surface area contributed by atoms with Crippen molar-refractivity contribution in [2.45, 2.75) is 13.3 Å². The van der Waals surface area contributed by atoms with Crippen LogP contribution in [0.5, 0.6) is 0 Å². The van der Waals surface area contributed by atoms with E-state index in [0.717, 1.165) is 40.1 Å². The lowest BCUT2D eigenvalue weighted by Gasteiger charge is -2.08. The quantitative estimate of drug-likeness (QED) is 0.738. The van der Waals surface area contributed by atoms with E-state index in [9.17, 15) is 0 Å². The van der Waals surface area contributed by atoms with Gasteiger partial charge in [0.15, 0.2) is 5.65 Å². The predicted octanol–water partition coefficient (Wildman–Crippen LogP) is 2.53. The molecule has 5 heteroatoms. The van der Waals surface area contributed by atoms with E-state index < -0.39 is 0 Å². The first-order valence-corrected chi connectivity index (χ1v) is 6.92. The number of ether oxygens (including phenoxy) is 1. The number of methoxy groups -OCH3 is 1. The first-order valence-electron chi connectivity index (χ1n) is 6.92. The summed E-state index contributed by atoms with van der Waals surface area (Å²) >= 11 is 0. The predicted molar refractivity (Wildman–Crippen MR) is 82.1 cm³/mol. The first-order chi connectivity index (χ1) is 10.2. The molecule has 0 atom stereocenters. The van der Waals surface area contributed by atoms with Crippen molar-refractivity contribution in [1.29, 1.82) is 0 Å². The summed E-state index contributed by atoms with van der Waals surface area (Å²) in [6.45, 7) is 2.69. The molecule has 0 amide bonds. The third kappa shape index (κ3) is 2.52. The standard InChI is InChI=1S/C16H18N4O/c1-11-8-14-16(18-9-11)20(2)15(19-14)13-4-6-17-10-12(13)5-7-21-3/h4,6,8-10H,5,7H2,1-3H3. The molecule has 0 bridgehead atoms. The number of aromatic nitrogens is 4. The molecule has 0 aliphatic heterocycles. The molecular weight excluding hydrogens is 264 g/mol. The monoisotopic (exact) mass is 282 g/mol. The highest BCUT2D eigenvalue weighted by Gasteiger charge is 2.14. The average molecular weight is 282 g/mol. The van der Waals surface area contributed by atoms with Crippen LogP contribution in [-0.4, -0.2) is 33.2 Å². The Hall–Kier alpha value is -2.27. The molecule has 0 aromatic carbocycles. The van der Waals surface area contributed by atoms with Crippen molar-refractivity contribution in [2.75, 3.05) is 13.7 Å². The maximum absolute atomic E-state index is 5.17.